The molecule has 3 aromatic carbocycles. The molecule has 0 radical (unpaired) electrons. The minimum absolute atomic E-state index is 0.189. The Labute approximate surface area is 241 Å². The van der Waals surface area contributed by atoms with E-state index < -0.39 is 0 Å². The number of aromatic nitrogens is 4. The van der Waals surface area contributed by atoms with Crippen molar-refractivity contribution in [1.82, 2.24) is 25.3 Å². The van der Waals surface area contributed by atoms with Crippen molar-refractivity contribution < 1.29 is 13.6 Å². The summed E-state index contributed by atoms with van der Waals surface area (Å²) >= 11 is 3.14. The fourth-order valence-corrected chi connectivity index (χ4v) is 6.14. The first-order chi connectivity index (χ1) is 19.7. The quantitative estimate of drug-likeness (QED) is 0.172. The van der Waals surface area contributed by atoms with Gasteiger partial charge >= 0.3 is 0 Å². The Morgan fingerprint density at radius 1 is 0.800 bits per heavy atom. The second-order valence-corrected chi connectivity index (χ2v) is 11.5. The molecule has 1 unspecified atom stereocenters. The predicted molar refractivity (Wildman–Crippen MR) is 156 cm³/mol. The molecule has 1 atom stereocenters. The lowest BCUT2D eigenvalue weighted by Crippen LogP contribution is -2.40. The van der Waals surface area contributed by atoms with Gasteiger partial charge in [0, 0.05) is 35.7 Å². The lowest BCUT2D eigenvalue weighted by Gasteiger charge is -2.36. The first-order valence-electron chi connectivity index (χ1n) is 13.2. The summed E-state index contributed by atoms with van der Waals surface area (Å²) in [6.07, 6.45) is 0. The van der Waals surface area contributed by atoms with Crippen LogP contribution in [0.1, 0.15) is 22.7 Å². The van der Waals surface area contributed by atoms with Gasteiger partial charge in [-0.2, -0.15) is 0 Å². The zero-order chi connectivity index (χ0) is 27.1. The largest absolute Gasteiger partial charge is 0.411 e. The Morgan fingerprint density at radius 2 is 1.45 bits per heavy atom. The molecular formula is C30H29N5O3S2. The Hall–Kier alpha value is -3.44. The van der Waals surface area contributed by atoms with Crippen molar-refractivity contribution in [3.05, 3.63) is 95.6 Å². The fourth-order valence-electron chi connectivity index (χ4n) is 4.71. The van der Waals surface area contributed by atoms with Crippen molar-refractivity contribution in [1.29, 1.82) is 0 Å². The molecule has 0 saturated carbocycles. The standard InChI is InChI=1S/C30H29N5O3S2/c1-21-16-22(20-40-30-34-32-28(38-30)24-10-6-3-7-11-24)18-25(17-21)26-19-36-14-12-35(26)13-15-39-29-33-31-27(37-29)23-8-4-2-5-9-23/h2-11,16-18,26H,12-15,19-20H2,1H3. The maximum atomic E-state index is 5.91. The maximum absolute atomic E-state index is 5.91. The van der Waals surface area contributed by atoms with Crippen LogP contribution in [0.4, 0.5) is 0 Å². The predicted octanol–water partition coefficient (Wildman–Crippen LogP) is 6.55. The van der Waals surface area contributed by atoms with Gasteiger partial charge in [0.2, 0.25) is 11.8 Å². The minimum atomic E-state index is 0.189. The van der Waals surface area contributed by atoms with Crippen LogP contribution in [0.3, 0.4) is 0 Å². The van der Waals surface area contributed by atoms with Gasteiger partial charge in [-0.3, -0.25) is 4.90 Å². The smallest absolute Gasteiger partial charge is 0.277 e. The SMILES string of the molecule is Cc1cc(CSc2nnc(-c3ccccc3)o2)cc(C2COCCN2CCSc2nnc(-c3ccccc3)o2)c1. The minimum Gasteiger partial charge on any atom is -0.411 e. The highest BCUT2D eigenvalue weighted by Crippen LogP contribution is 2.31. The van der Waals surface area contributed by atoms with Crippen LogP contribution in [0, 0.1) is 6.92 Å². The van der Waals surface area contributed by atoms with Crippen molar-refractivity contribution in [2.75, 3.05) is 32.1 Å². The van der Waals surface area contributed by atoms with Crippen LogP contribution in [0.5, 0.6) is 0 Å². The molecule has 6 rings (SSSR count). The summed E-state index contributed by atoms with van der Waals surface area (Å²) in [5.41, 5.74) is 5.56. The van der Waals surface area contributed by atoms with Crippen molar-refractivity contribution in [2.24, 2.45) is 0 Å². The second kappa shape index (κ2) is 12.8. The normalized spacial score (nSPS) is 15.9. The van der Waals surface area contributed by atoms with Gasteiger partial charge in [-0.15, -0.1) is 20.4 Å². The van der Waals surface area contributed by atoms with E-state index in [1.54, 1.807) is 23.5 Å². The highest BCUT2D eigenvalue weighted by Gasteiger charge is 2.25. The Morgan fingerprint density at radius 3 is 2.12 bits per heavy atom. The number of benzene rings is 3. The van der Waals surface area contributed by atoms with E-state index in [4.69, 9.17) is 13.6 Å². The number of ether oxygens (including phenoxy) is 1. The monoisotopic (exact) mass is 571 g/mol. The van der Waals surface area contributed by atoms with Crippen molar-refractivity contribution in [2.45, 2.75) is 29.2 Å². The number of hydrogen-bond acceptors (Lipinski definition) is 10. The summed E-state index contributed by atoms with van der Waals surface area (Å²) in [6, 6.07) is 26.6. The van der Waals surface area contributed by atoms with Crippen molar-refractivity contribution in [3.63, 3.8) is 0 Å². The molecule has 3 heterocycles. The molecule has 0 aliphatic carbocycles. The van der Waals surface area contributed by atoms with E-state index >= 15 is 0 Å². The molecule has 0 bridgehead atoms. The van der Waals surface area contributed by atoms with E-state index in [1.165, 1.54) is 16.7 Å². The summed E-state index contributed by atoms with van der Waals surface area (Å²) in [5, 5.41) is 18.0. The molecular weight excluding hydrogens is 542 g/mol. The third kappa shape index (κ3) is 6.64. The highest BCUT2D eigenvalue weighted by atomic mass is 32.2. The van der Waals surface area contributed by atoms with E-state index in [-0.39, 0.29) is 6.04 Å². The van der Waals surface area contributed by atoms with E-state index in [0.717, 1.165) is 42.3 Å². The number of hydrogen-bond donors (Lipinski definition) is 0. The first kappa shape index (κ1) is 26.8. The Kier molecular flexibility index (Phi) is 8.58. The third-order valence-corrected chi connectivity index (χ3v) is 8.29. The molecule has 5 aromatic rings. The number of thioether (sulfide) groups is 2. The molecule has 8 nitrogen and oxygen atoms in total. The van der Waals surface area contributed by atoms with E-state index in [9.17, 15) is 0 Å². The highest BCUT2D eigenvalue weighted by molar-refractivity contribution is 7.99. The van der Waals surface area contributed by atoms with Gasteiger partial charge in [0.05, 0.1) is 19.3 Å². The summed E-state index contributed by atoms with van der Waals surface area (Å²) < 4.78 is 17.7. The molecule has 1 fully saturated rings. The number of morpholine rings is 1. The van der Waals surface area contributed by atoms with Crippen LogP contribution in [-0.4, -0.2) is 57.4 Å². The zero-order valence-corrected chi connectivity index (χ0v) is 23.7. The van der Waals surface area contributed by atoms with Crippen LogP contribution in [-0.2, 0) is 10.5 Å². The van der Waals surface area contributed by atoms with E-state index in [2.05, 4.69) is 50.4 Å². The lowest BCUT2D eigenvalue weighted by atomic mass is 10.00. The number of nitrogens with zero attached hydrogens (tertiary/aromatic N) is 5. The molecule has 1 aliphatic heterocycles. The van der Waals surface area contributed by atoms with E-state index in [0.29, 0.717) is 28.8 Å². The summed E-state index contributed by atoms with van der Waals surface area (Å²) in [7, 11) is 0. The second-order valence-electron chi connectivity index (χ2n) is 9.49. The summed E-state index contributed by atoms with van der Waals surface area (Å²) in [6.45, 7) is 5.32. The topological polar surface area (TPSA) is 90.3 Å². The Bertz CT molecular complexity index is 1530. The van der Waals surface area contributed by atoms with Crippen LogP contribution in [0.2, 0.25) is 0 Å². The van der Waals surface area contributed by atoms with Gasteiger partial charge in [0.15, 0.2) is 0 Å². The maximum Gasteiger partial charge on any atom is 0.277 e. The average Bonchev–Trinajstić information content (AvgIpc) is 3.67. The van der Waals surface area contributed by atoms with Gasteiger partial charge in [-0.1, -0.05) is 83.7 Å². The zero-order valence-electron chi connectivity index (χ0n) is 22.1. The molecule has 10 heteroatoms. The molecule has 204 valence electrons. The van der Waals surface area contributed by atoms with Gasteiger partial charge in [0.25, 0.3) is 10.4 Å². The van der Waals surface area contributed by atoms with Crippen molar-refractivity contribution in [3.8, 4) is 22.9 Å². The van der Waals surface area contributed by atoms with Gasteiger partial charge in [0.1, 0.15) is 0 Å². The van der Waals surface area contributed by atoms with E-state index in [1.807, 2.05) is 60.7 Å². The Balaban J connectivity index is 1.07. The third-order valence-electron chi connectivity index (χ3n) is 6.60. The van der Waals surface area contributed by atoms with Gasteiger partial charge in [-0.25, -0.2) is 0 Å². The van der Waals surface area contributed by atoms with Crippen LogP contribution in [0.25, 0.3) is 22.9 Å². The molecule has 1 saturated heterocycles. The van der Waals surface area contributed by atoms with Gasteiger partial charge in [-0.05, 0) is 42.3 Å². The van der Waals surface area contributed by atoms with Crippen LogP contribution >= 0.6 is 23.5 Å². The first-order valence-corrected chi connectivity index (χ1v) is 15.1. The number of rotatable bonds is 10. The summed E-state index contributed by atoms with van der Waals surface area (Å²) in [4.78, 5) is 2.49. The molecule has 0 N–H and O–H groups in total. The average molecular weight is 572 g/mol. The molecule has 40 heavy (non-hydrogen) atoms. The number of aryl methyl sites for hydroxylation is 1. The molecule has 2 aromatic heterocycles. The molecule has 0 spiro atoms. The van der Waals surface area contributed by atoms with Gasteiger partial charge < -0.3 is 13.6 Å². The fraction of sp³-hybridized carbons (Fsp3) is 0.267. The van der Waals surface area contributed by atoms with Crippen LogP contribution in [0.15, 0.2) is 98.1 Å². The lowest BCUT2D eigenvalue weighted by molar-refractivity contribution is -0.00524. The molecule has 1 aliphatic rings. The molecule has 0 amide bonds. The van der Waals surface area contributed by atoms with Crippen LogP contribution < -0.4 is 0 Å². The summed E-state index contributed by atoms with van der Waals surface area (Å²) in [5.74, 6) is 2.68. The van der Waals surface area contributed by atoms with Crippen molar-refractivity contribution >= 4 is 23.5 Å².